The fourth-order valence-corrected chi connectivity index (χ4v) is 1.72. The van der Waals surface area contributed by atoms with Crippen LogP contribution < -0.4 is 16.4 Å². The predicted molar refractivity (Wildman–Crippen MR) is 55.9 cm³/mol. The third-order valence-electron chi connectivity index (χ3n) is 2.50. The molecule has 5 N–H and O–H groups in total. The van der Waals surface area contributed by atoms with Crippen molar-refractivity contribution in [2.75, 3.05) is 29.5 Å². The summed E-state index contributed by atoms with van der Waals surface area (Å²) < 4.78 is 0. The fourth-order valence-electron chi connectivity index (χ4n) is 1.72. The number of hydrogen-bond donors (Lipinski definition) is 3. The summed E-state index contributed by atoms with van der Waals surface area (Å²) in [4.78, 5) is 5.92. The van der Waals surface area contributed by atoms with Gasteiger partial charge in [0, 0.05) is 19.3 Å². The Bertz CT molecular complexity index is 342. The Kier molecular flexibility index (Phi) is 2.17. The summed E-state index contributed by atoms with van der Waals surface area (Å²) in [7, 11) is 0. The predicted octanol–water partition coefficient (Wildman–Crippen LogP) is -0.183. The molecule has 0 amide bonds. The van der Waals surface area contributed by atoms with Crippen LogP contribution in [0.5, 0.6) is 0 Å². The first kappa shape index (κ1) is 9.08. The summed E-state index contributed by atoms with van der Waals surface area (Å²) in [5.41, 5.74) is 12.8. The highest BCUT2D eigenvalue weighted by molar-refractivity contribution is 5.76. The van der Waals surface area contributed by atoms with E-state index in [2.05, 4.69) is 4.98 Å². The first-order valence-corrected chi connectivity index (χ1v) is 4.61. The molecular formula is C9H14N4O. The van der Waals surface area contributed by atoms with Crippen LogP contribution in [0.4, 0.5) is 17.2 Å². The maximum atomic E-state index is 9.39. The third-order valence-corrected chi connectivity index (χ3v) is 2.50. The number of nitrogens with zero attached hydrogens (tertiary/aromatic N) is 2. The Labute approximate surface area is 82.3 Å². The number of rotatable bonds is 1. The minimum atomic E-state index is -0.260. The van der Waals surface area contributed by atoms with Gasteiger partial charge in [0.2, 0.25) is 0 Å². The second-order valence-electron chi connectivity index (χ2n) is 3.52. The summed E-state index contributed by atoms with van der Waals surface area (Å²) in [5, 5.41) is 9.39. The van der Waals surface area contributed by atoms with Crippen LogP contribution in [0.1, 0.15) is 6.42 Å². The molecule has 1 aliphatic heterocycles. The van der Waals surface area contributed by atoms with E-state index >= 15 is 0 Å². The number of nitrogen functional groups attached to an aromatic ring is 2. The zero-order valence-corrected chi connectivity index (χ0v) is 7.85. The lowest BCUT2D eigenvalue weighted by atomic mass is 10.3. The van der Waals surface area contributed by atoms with Gasteiger partial charge in [0.05, 0.1) is 17.5 Å². The van der Waals surface area contributed by atoms with Crippen molar-refractivity contribution in [3.63, 3.8) is 0 Å². The molecule has 1 atom stereocenters. The fraction of sp³-hybridized carbons (Fsp3) is 0.444. The molecule has 2 heterocycles. The summed E-state index contributed by atoms with van der Waals surface area (Å²) in [5.74, 6) is 0.351. The molecule has 76 valence electrons. The van der Waals surface area contributed by atoms with Crippen LogP contribution in [0, 0.1) is 0 Å². The molecule has 1 unspecified atom stereocenters. The summed E-state index contributed by atoms with van der Waals surface area (Å²) in [6.07, 6.45) is 2.15. The van der Waals surface area contributed by atoms with Crippen LogP contribution in [0.3, 0.4) is 0 Å². The number of hydrogen-bond acceptors (Lipinski definition) is 5. The van der Waals surface area contributed by atoms with Crippen molar-refractivity contribution in [1.29, 1.82) is 0 Å². The van der Waals surface area contributed by atoms with Crippen LogP contribution in [0.25, 0.3) is 0 Å². The van der Waals surface area contributed by atoms with Gasteiger partial charge in [-0.2, -0.15) is 0 Å². The molecule has 0 saturated carbocycles. The summed E-state index contributed by atoms with van der Waals surface area (Å²) in [6.45, 7) is 1.43. The van der Waals surface area contributed by atoms with E-state index in [4.69, 9.17) is 11.5 Å². The number of anilines is 3. The van der Waals surface area contributed by atoms with Crippen molar-refractivity contribution in [3.05, 3.63) is 12.3 Å². The van der Waals surface area contributed by atoms with Crippen molar-refractivity contribution < 1.29 is 5.11 Å². The molecule has 2 rings (SSSR count). The number of aliphatic hydroxyl groups is 1. The number of pyridine rings is 1. The Morgan fingerprint density at radius 3 is 2.93 bits per heavy atom. The van der Waals surface area contributed by atoms with Crippen molar-refractivity contribution >= 4 is 17.2 Å². The van der Waals surface area contributed by atoms with Gasteiger partial charge in [-0.15, -0.1) is 0 Å². The molecule has 1 aromatic rings. The van der Waals surface area contributed by atoms with E-state index in [9.17, 15) is 5.11 Å². The Hall–Kier alpha value is -1.49. The smallest absolute Gasteiger partial charge is 0.148 e. The Morgan fingerprint density at radius 2 is 2.29 bits per heavy atom. The highest BCUT2D eigenvalue weighted by atomic mass is 16.3. The minimum Gasteiger partial charge on any atom is -0.394 e. The minimum absolute atomic E-state index is 0.260. The molecular weight excluding hydrogens is 180 g/mol. The van der Waals surface area contributed by atoms with Crippen LogP contribution >= 0.6 is 0 Å². The number of aliphatic hydroxyl groups excluding tert-OH is 1. The van der Waals surface area contributed by atoms with E-state index in [0.29, 0.717) is 18.1 Å². The van der Waals surface area contributed by atoms with E-state index in [1.807, 2.05) is 11.0 Å². The standard InChI is InChI=1S/C9H14N4O/c10-8-7(1-3-12-9(8)11)13-4-2-6(14)5-13/h1,3,6,14H,2,4-5,10H2,(H2,11,12). The van der Waals surface area contributed by atoms with Gasteiger partial charge >= 0.3 is 0 Å². The molecule has 0 radical (unpaired) electrons. The van der Waals surface area contributed by atoms with Crippen molar-refractivity contribution in [1.82, 2.24) is 4.98 Å². The van der Waals surface area contributed by atoms with Gasteiger partial charge < -0.3 is 21.5 Å². The van der Waals surface area contributed by atoms with E-state index < -0.39 is 0 Å². The average Bonchev–Trinajstić information content (AvgIpc) is 2.57. The van der Waals surface area contributed by atoms with Crippen LogP contribution in [0.15, 0.2) is 12.3 Å². The van der Waals surface area contributed by atoms with Crippen molar-refractivity contribution in [2.24, 2.45) is 0 Å². The molecule has 5 nitrogen and oxygen atoms in total. The maximum Gasteiger partial charge on any atom is 0.148 e. The average molecular weight is 194 g/mol. The molecule has 0 aromatic carbocycles. The van der Waals surface area contributed by atoms with Gasteiger partial charge in [0.15, 0.2) is 0 Å². The van der Waals surface area contributed by atoms with Crippen LogP contribution in [-0.2, 0) is 0 Å². The van der Waals surface area contributed by atoms with Gasteiger partial charge in [-0.3, -0.25) is 0 Å². The molecule has 5 heteroatoms. The van der Waals surface area contributed by atoms with E-state index in [0.717, 1.165) is 18.7 Å². The first-order valence-electron chi connectivity index (χ1n) is 4.61. The number of aromatic nitrogens is 1. The molecule has 14 heavy (non-hydrogen) atoms. The van der Waals surface area contributed by atoms with E-state index in [1.54, 1.807) is 6.20 Å². The molecule has 1 aliphatic rings. The lowest BCUT2D eigenvalue weighted by Gasteiger charge is -2.19. The lowest BCUT2D eigenvalue weighted by molar-refractivity contribution is 0.198. The number of nitrogens with two attached hydrogens (primary N) is 2. The van der Waals surface area contributed by atoms with E-state index in [1.165, 1.54) is 0 Å². The monoisotopic (exact) mass is 194 g/mol. The number of β-amino-alcohol motifs (C(OH)–C–C–N with tert-alkyl or cyclic N) is 1. The lowest BCUT2D eigenvalue weighted by Crippen LogP contribution is -2.22. The topological polar surface area (TPSA) is 88.4 Å². The van der Waals surface area contributed by atoms with Crippen LogP contribution in [-0.4, -0.2) is 29.3 Å². The summed E-state index contributed by atoms with van der Waals surface area (Å²) >= 11 is 0. The second-order valence-corrected chi connectivity index (χ2v) is 3.52. The van der Waals surface area contributed by atoms with Gasteiger partial charge in [0.1, 0.15) is 5.82 Å². The summed E-state index contributed by atoms with van der Waals surface area (Å²) in [6, 6.07) is 1.82. The zero-order valence-electron chi connectivity index (χ0n) is 7.85. The second kappa shape index (κ2) is 3.34. The largest absolute Gasteiger partial charge is 0.394 e. The molecule has 1 aromatic heterocycles. The van der Waals surface area contributed by atoms with Crippen LogP contribution in [0.2, 0.25) is 0 Å². The van der Waals surface area contributed by atoms with E-state index in [-0.39, 0.29) is 6.10 Å². The quantitative estimate of drug-likeness (QED) is 0.577. The highest BCUT2D eigenvalue weighted by Gasteiger charge is 2.22. The Morgan fingerprint density at radius 1 is 1.50 bits per heavy atom. The molecule has 0 bridgehead atoms. The normalized spacial score (nSPS) is 21.5. The zero-order chi connectivity index (χ0) is 10.1. The van der Waals surface area contributed by atoms with Crippen molar-refractivity contribution in [2.45, 2.75) is 12.5 Å². The first-order chi connectivity index (χ1) is 6.68. The molecule has 1 fully saturated rings. The van der Waals surface area contributed by atoms with Gasteiger partial charge in [0.25, 0.3) is 0 Å². The SMILES string of the molecule is Nc1nccc(N2CCC(O)C2)c1N. The van der Waals surface area contributed by atoms with Crippen molar-refractivity contribution in [3.8, 4) is 0 Å². The Balaban J connectivity index is 2.28. The maximum absolute atomic E-state index is 9.39. The molecule has 0 spiro atoms. The van der Waals surface area contributed by atoms with Gasteiger partial charge in [-0.1, -0.05) is 0 Å². The highest BCUT2D eigenvalue weighted by Crippen LogP contribution is 2.29. The third kappa shape index (κ3) is 1.46. The van der Waals surface area contributed by atoms with Gasteiger partial charge in [-0.25, -0.2) is 4.98 Å². The van der Waals surface area contributed by atoms with Gasteiger partial charge in [-0.05, 0) is 12.5 Å². The molecule has 1 saturated heterocycles. The molecule has 0 aliphatic carbocycles.